The zero-order valence-electron chi connectivity index (χ0n) is 14.1. The van der Waals surface area contributed by atoms with E-state index in [0.717, 1.165) is 18.5 Å². The van der Waals surface area contributed by atoms with Crippen LogP contribution in [0.1, 0.15) is 37.7 Å². The van der Waals surface area contributed by atoms with Gasteiger partial charge in [0.05, 0.1) is 16.6 Å². The number of carbonyl (C=O) groups is 1. The van der Waals surface area contributed by atoms with E-state index in [0.29, 0.717) is 10.7 Å². The Hall–Kier alpha value is -2.07. The lowest BCUT2D eigenvalue weighted by molar-refractivity contribution is 0.0690. The molecule has 1 unspecified atom stereocenters. The molecule has 0 N–H and O–H groups in total. The van der Waals surface area contributed by atoms with Gasteiger partial charge in [0, 0.05) is 18.2 Å². The predicted octanol–water partition coefficient (Wildman–Crippen LogP) is 4.11. The lowest BCUT2D eigenvalue weighted by Crippen LogP contribution is -2.45. The number of hydrogen-bond donors (Lipinski definition) is 0. The van der Waals surface area contributed by atoms with Crippen LogP contribution < -0.4 is 0 Å². The Labute approximate surface area is 146 Å². The zero-order chi connectivity index (χ0) is 17.1. The number of halogens is 1. The Morgan fingerprint density at radius 1 is 1.38 bits per heavy atom. The Bertz CT molecular complexity index is 906. The van der Waals surface area contributed by atoms with Gasteiger partial charge in [0.15, 0.2) is 5.69 Å². The number of hydrogen-bond acceptors (Lipinski definition) is 2. The third kappa shape index (κ3) is 2.28. The van der Waals surface area contributed by atoms with Crippen molar-refractivity contribution in [1.82, 2.24) is 14.5 Å². The van der Waals surface area contributed by atoms with Crippen LogP contribution in [0, 0.1) is 5.41 Å². The Balaban J connectivity index is 1.67. The number of allylic oxidation sites excluding steroid dienone is 2. The predicted molar refractivity (Wildman–Crippen MR) is 95.3 cm³/mol. The summed E-state index contributed by atoms with van der Waals surface area (Å²) in [6.07, 6.45) is 7.10. The average Bonchev–Trinajstić information content (AvgIpc) is 3.08. The molecule has 4 rings (SSSR count). The lowest BCUT2D eigenvalue weighted by atomic mass is 9.79. The molecule has 0 aromatic carbocycles. The van der Waals surface area contributed by atoms with Gasteiger partial charge in [0.1, 0.15) is 0 Å². The van der Waals surface area contributed by atoms with Crippen molar-refractivity contribution in [2.45, 2.75) is 33.2 Å². The van der Waals surface area contributed by atoms with Crippen LogP contribution in [0.15, 0.2) is 47.7 Å². The molecule has 0 radical (unpaired) electrons. The monoisotopic (exact) mass is 341 g/mol. The SMILES string of the molecule is CC1C2=C(C=CC2(C)C)CCN1C(=O)c1cc2ccc(Cl)cn2n1. The summed E-state index contributed by atoms with van der Waals surface area (Å²) in [4.78, 5) is 15.0. The molecule has 5 heteroatoms. The highest BCUT2D eigenvalue weighted by Gasteiger charge is 2.39. The fraction of sp³-hybridized carbons (Fsp3) is 0.368. The third-order valence-corrected chi connectivity index (χ3v) is 5.38. The maximum atomic E-state index is 13.0. The number of rotatable bonds is 1. The first kappa shape index (κ1) is 15.5. The quantitative estimate of drug-likeness (QED) is 0.782. The molecule has 2 aliphatic rings. The van der Waals surface area contributed by atoms with Crippen molar-refractivity contribution in [3.63, 3.8) is 0 Å². The van der Waals surface area contributed by atoms with Gasteiger partial charge in [-0.1, -0.05) is 37.6 Å². The number of aromatic nitrogens is 2. The maximum Gasteiger partial charge on any atom is 0.274 e. The number of pyridine rings is 1. The van der Waals surface area contributed by atoms with E-state index in [2.05, 4.69) is 38.0 Å². The number of fused-ring (bicyclic) bond motifs is 1. The lowest BCUT2D eigenvalue weighted by Gasteiger charge is -2.39. The molecule has 24 heavy (non-hydrogen) atoms. The van der Waals surface area contributed by atoms with Crippen molar-refractivity contribution in [3.8, 4) is 0 Å². The molecule has 1 aliphatic heterocycles. The minimum Gasteiger partial charge on any atom is -0.330 e. The normalized spacial score (nSPS) is 22.3. The van der Waals surface area contributed by atoms with Crippen LogP contribution in [-0.4, -0.2) is 33.0 Å². The first-order chi connectivity index (χ1) is 11.4. The summed E-state index contributed by atoms with van der Waals surface area (Å²) in [6, 6.07) is 5.59. The highest BCUT2D eigenvalue weighted by atomic mass is 35.5. The average molecular weight is 342 g/mol. The molecule has 2 aromatic rings. The number of carbonyl (C=O) groups excluding carboxylic acids is 1. The maximum absolute atomic E-state index is 13.0. The second-order valence-electron chi connectivity index (χ2n) is 7.16. The van der Waals surface area contributed by atoms with E-state index in [1.54, 1.807) is 16.8 Å². The topological polar surface area (TPSA) is 37.6 Å². The van der Waals surface area contributed by atoms with Crippen LogP contribution in [0.3, 0.4) is 0 Å². The minimum atomic E-state index is -0.0171. The molecule has 1 atom stereocenters. The second-order valence-corrected chi connectivity index (χ2v) is 7.60. The summed E-state index contributed by atoms with van der Waals surface area (Å²) in [5, 5.41) is 5.02. The van der Waals surface area contributed by atoms with E-state index in [-0.39, 0.29) is 17.4 Å². The highest BCUT2D eigenvalue weighted by Crippen LogP contribution is 2.43. The molecule has 0 spiro atoms. The number of nitrogens with zero attached hydrogens (tertiary/aromatic N) is 3. The van der Waals surface area contributed by atoms with Crippen LogP contribution in [0.2, 0.25) is 5.02 Å². The van der Waals surface area contributed by atoms with E-state index in [1.165, 1.54) is 11.1 Å². The summed E-state index contributed by atoms with van der Waals surface area (Å²) in [5.74, 6) is -0.0171. The Kier molecular flexibility index (Phi) is 3.36. The van der Waals surface area contributed by atoms with Gasteiger partial charge >= 0.3 is 0 Å². The molecule has 124 valence electrons. The van der Waals surface area contributed by atoms with Gasteiger partial charge in [0.25, 0.3) is 5.91 Å². The van der Waals surface area contributed by atoms with Crippen LogP contribution in [0.4, 0.5) is 0 Å². The van der Waals surface area contributed by atoms with E-state index < -0.39 is 0 Å². The molecule has 0 fully saturated rings. The number of amides is 1. The largest absolute Gasteiger partial charge is 0.330 e. The fourth-order valence-electron chi connectivity index (χ4n) is 4.01. The van der Waals surface area contributed by atoms with Crippen molar-refractivity contribution in [3.05, 3.63) is 58.4 Å². The fourth-order valence-corrected chi connectivity index (χ4v) is 4.16. The molecule has 3 heterocycles. The van der Waals surface area contributed by atoms with Crippen molar-refractivity contribution >= 4 is 23.0 Å². The van der Waals surface area contributed by atoms with E-state index in [9.17, 15) is 4.79 Å². The molecule has 4 nitrogen and oxygen atoms in total. The Morgan fingerprint density at radius 2 is 2.17 bits per heavy atom. The van der Waals surface area contributed by atoms with Crippen molar-refractivity contribution < 1.29 is 4.79 Å². The van der Waals surface area contributed by atoms with Crippen LogP contribution >= 0.6 is 11.6 Å². The minimum absolute atomic E-state index is 0.0140. The molecule has 0 saturated heterocycles. The van der Waals surface area contributed by atoms with Gasteiger partial charge in [-0.3, -0.25) is 4.79 Å². The molecular weight excluding hydrogens is 322 g/mol. The molecule has 0 saturated carbocycles. The first-order valence-electron chi connectivity index (χ1n) is 8.25. The summed E-state index contributed by atoms with van der Waals surface area (Å²) in [7, 11) is 0. The van der Waals surface area contributed by atoms with Crippen LogP contribution in [0.25, 0.3) is 5.52 Å². The smallest absolute Gasteiger partial charge is 0.274 e. The Morgan fingerprint density at radius 3 is 2.96 bits per heavy atom. The van der Waals surface area contributed by atoms with E-state index >= 15 is 0 Å². The van der Waals surface area contributed by atoms with Gasteiger partial charge in [-0.25, -0.2) is 4.52 Å². The molecular formula is C19H20ClN3O. The zero-order valence-corrected chi connectivity index (χ0v) is 14.8. The van der Waals surface area contributed by atoms with Gasteiger partial charge in [-0.15, -0.1) is 0 Å². The summed E-state index contributed by atoms with van der Waals surface area (Å²) < 4.78 is 1.66. The van der Waals surface area contributed by atoms with Crippen LogP contribution in [-0.2, 0) is 0 Å². The van der Waals surface area contributed by atoms with Gasteiger partial charge in [-0.05, 0) is 42.7 Å². The van der Waals surface area contributed by atoms with Crippen molar-refractivity contribution in [2.75, 3.05) is 6.54 Å². The van der Waals surface area contributed by atoms with Crippen LogP contribution in [0.5, 0.6) is 0 Å². The van der Waals surface area contributed by atoms with Gasteiger partial charge in [0.2, 0.25) is 0 Å². The summed E-state index contributed by atoms with van der Waals surface area (Å²) >= 11 is 6.00. The van der Waals surface area contributed by atoms with Crippen molar-refractivity contribution in [2.24, 2.45) is 5.41 Å². The van der Waals surface area contributed by atoms with E-state index in [4.69, 9.17) is 11.6 Å². The molecule has 0 bridgehead atoms. The molecule has 1 amide bonds. The summed E-state index contributed by atoms with van der Waals surface area (Å²) in [6.45, 7) is 7.27. The van der Waals surface area contributed by atoms with Crippen molar-refractivity contribution in [1.29, 1.82) is 0 Å². The molecule has 1 aliphatic carbocycles. The van der Waals surface area contributed by atoms with Gasteiger partial charge < -0.3 is 4.90 Å². The standard InChI is InChI=1S/C19H20ClN3O/c1-12-17-13(6-8-19(17,2)3)7-9-22(12)18(24)16-10-15-5-4-14(20)11-23(15)21-16/h4-6,8,10-12H,7,9H2,1-3H3. The molecule has 2 aromatic heterocycles. The first-order valence-corrected chi connectivity index (χ1v) is 8.63. The highest BCUT2D eigenvalue weighted by molar-refractivity contribution is 6.30. The van der Waals surface area contributed by atoms with E-state index in [1.807, 2.05) is 17.0 Å². The third-order valence-electron chi connectivity index (χ3n) is 5.15. The van der Waals surface area contributed by atoms with Gasteiger partial charge in [-0.2, -0.15) is 5.10 Å². The second kappa shape index (κ2) is 5.21. The summed E-state index contributed by atoms with van der Waals surface area (Å²) in [5.41, 5.74) is 4.10.